The van der Waals surface area contributed by atoms with E-state index in [-0.39, 0.29) is 0 Å². The Morgan fingerprint density at radius 2 is 1.76 bits per heavy atom. The van der Waals surface area contributed by atoms with Gasteiger partial charge in [0.2, 0.25) is 0 Å². The lowest BCUT2D eigenvalue weighted by molar-refractivity contribution is 0.357. The third-order valence-electron chi connectivity index (χ3n) is 3.61. The van der Waals surface area contributed by atoms with E-state index in [0.717, 1.165) is 49.1 Å². The van der Waals surface area contributed by atoms with E-state index in [9.17, 15) is 0 Å². The van der Waals surface area contributed by atoms with Crippen molar-refractivity contribution in [2.45, 2.75) is 27.7 Å². The highest BCUT2D eigenvalue weighted by Crippen LogP contribution is 2.36. The summed E-state index contributed by atoms with van der Waals surface area (Å²) in [5.41, 5.74) is 1.53. The number of rotatable bonds is 0. The van der Waals surface area contributed by atoms with Crippen LogP contribution in [0.5, 0.6) is 11.5 Å². The van der Waals surface area contributed by atoms with Gasteiger partial charge in [-0.2, -0.15) is 0 Å². The summed E-state index contributed by atoms with van der Waals surface area (Å²) in [6, 6.07) is 5.63. The molecule has 0 spiro atoms. The van der Waals surface area contributed by atoms with Crippen LogP contribution in [0.15, 0.2) is 41.8 Å². The maximum absolute atomic E-state index is 5.96. The second kappa shape index (κ2) is 9.74. The highest BCUT2D eigenvalue weighted by molar-refractivity contribution is 6.02. The Morgan fingerprint density at radius 1 is 1.00 bits per heavy atom. The molecule has 2 aromatic rings. The molecule has 25 heavy (non-hydrogen) atoms. The van der Waals surface area contributed by atoms with Crippen molar-refractivity contribution in [2.75, 3.05) is 26.2 Å². The Kier molecular flexibility index (Phi) is 7.35. The fourth-order valence-electron chi connectivity index (χ4n) is 2.57. The van der Waals surface area contributed by atoms with Crippen LogP contribution in [0.3, 0.4) is 0 Å². The Bertz CT molecular complexity index is 696. The maximum Gasteiger partial charge on any atom is 0.159 e. The lowest BCUT2D eigenvalue weighted by Crippen LogP contribution is -2.46. The molecular weight excluding hydrogens is 314 g/mol. The van der Waals surface area contributed by atoms with Gasteiger partial charge in [-0.15, -0.1) is 0 Å². The lowest BCUT2D eigenvalue weighted by Gasteiger charge is -2.29. The first kappa shape index (κ1) is 18.9. The van der Waals surface area contributed by atoms with Crippen molar-refractivity contribution in [1.82, 2.24) is 20.2 Å². The molecule has 0 radical (unpaired) electrons. The second-order valence-corrected chi connectivity index (χ2v) is 4.97. The van der Waals surface area contributed by atoms with Crippen LogP contribution in [0.25, 0.3) is 0 Å². The van der Waals surface area contributed by atoms with Crippen molar-refractivity contribution in [3.63, 3.8) is 0 Å². The highest BCUT2D eigenvalue weighted by Gasteiger charge is 2.24. The first-order valence-corrected chi connectivity index (χ1v) is 9.03. The minimum absolute atomic E-state index is 0.712. The molecule has 1 saturated heterocycles. The highest BCUT2D eigenvalue weighted by atomic mass is 16.5. The van der Waals surface area contributed by atoms with Gasteiger partial charge in [-0.3, -0.25) is 4.98 Å². The maximum atomic E-state index is 5.96. The molecule has 0 aromatic carbocycles. The quantitative estimate of drug-likeness (QED) is 0.793. The van der Waals surface area contributed by atoms with Gasteiger partial charge in [0.1, 0.15) is 11.4 Å². The van der Waals surface area contributed by atoms with Gasteiger partial charge >= 0.3 is 0 Å². The number of aromatic nitrogens is 2. The molecule has 4 rings (SSSR count). The number of piperazine rings is 1. The predicted molar refractivity (Wildman–Crippen MR) is 102 cm³/mol. The van der Waals surface area contributed by atoms with Gasteiger partial charge in [0.25, 0.3) is 0 Å². The fourth-order valence-corrected chi connectivity index (χ4v) is 2.57. The molecule has 0 unspecified atom stereocenters. The van der Waals surface area contributed by atoms with Crippen LogP contribution < -0.4 is 10.1 Å². The summed E-state index contributed by atoms with van der Waals surface area (Å²) in [6.45, 7) is 11.7. The van der Waals surface area contributed by atoms with Crippen molar-refractivity contribution in [3.05, 3.63) is 42.5 Å². The summed E-state index contributed by atoms with van der Waals surface area (Å²) in [4.78, 5) is 15.6. The third kappa shape index (κ3) is 4.33. The number of amidine groups is 1. The van der Waals surface area contributed by atoms with Gasteiger partial charge in [0.15, 0.2) is 17.3 Å². The summed E-state index contributed by atoms with van der Waals surface area (Å²) >= 11 is 0. The number of pyridine rings is 2. The normalized spacial score (nSPS) is 14.9. The molecule has 6 nitrogen and oxygen atoms in total. The van der Waals surface area contributed by atoms with Crippen molar-refractivity contribution < 1.29 is 4.74 Å². The average molecular weight is 341 g/mol. The molecule has 1 N–H and O–H groups in total. The van der Waals surface area contributed by atoms with Crippen LogP contribution in [0.1, 0.15) is 33.4 Å². The minimum Gasteiger partial charge on any atom is -0.453 e. The standard InChI is InChI=1S/C15H15N5O.2C2H6/c1-2-13-14(18-4-1)15(20-8-6-16-7-9-20)19-11-10-17-5-3-12(11)21-13;2*1-2/h1-5,10,16H,6-9H2;2*1-2H3. The molecule has 0 aliphatic carbocycles. The molecule has 1 fully saturated rings. The number of aliphatic imine (C=N–C) groups is 1. The van der Waals surface area contributed by atoms with Crippen LogP contribution in [0.2, 0.25) is 0 Å². The molecule has 6 heteroatoms. The number of hydrogen-bond acceptors (Lipinski definition) is 6. The van der Waals surface area contributed by atoms with E-state index in [4.69, 9.17) is 9.73 Å². The van der Waals surface area contributed by atoms with Gasteiger partial charge in [0, 0.05) is 44.6 Å². The molecule has 0 bridgehead atoms. The molecular formula is C19H27N5O. The molecule has 2 aliphatic rings. The van der Waals surface area contributed by atoms with Crippen LogP contribution >= 0.6 is 0 Å². The first-order chi connectivity index (χ1) is 12.4. The molecule has 2 aromatic heterocycles. The van der Waals surface area contributed by atoms with E-state index in [1.165, 1.54) is 0 Å². The number of fused-ring (bicyclic) bond motifs is 2. The van der Waals surface area contributed by atoms with E-state index in [2.05, 4.69) is 20.2 Å². The van der Waals surface area contributed by atoms with Crippen LogP contribution in [0, 0.1) is 0 Å². The van der Waals surface area contributed by atoms with Crippen LogP contribution in [-0.4, -0.2) is 46.9 Å². The number of hydrogen-bond donors (Lipinski definition) is 1. The summed E-state index contributed by atoms with van der Waals surface area (Å²) in [6.07, 6.45) is 5.21. The lowest BCUT2D eigenvalue weighted by atomic mass is 10.2. The zero-order valence-electron chi connectivity index (χ0n) is 15.5. The zero-order valence-corrected chi connectivity index (χ0v) is 15.5. The topological polar surface area (TPSA) is 62.6 Å². The Morgan fingerprint density at radius 3 is 2.52 bits per heavy atom. The zero-order chi connectivity index (χ0) is 18.1. The summed E-state index contributed by atoms with van der Waals surface area (Å²) in [5, 5.41) is 3.35. The average Bonchev–Trinajstić information content (AvgIpc) is 2.88. The molecule has 2 aliphatic heterocycles. The van der Waals surface area contributed by atoms with Crippen LogP contribution in [-0.2, 0) is 0 Å². The van der Waals surface area contributed by atoms with Crippen LogP contribution in [0.4, 0.5) is 5.69 Å². The number of nitrogens with one attached hydrogen (secondary N) is 1. The van der Waals surface area contributed by atoms with Gasteiger partial charge < -0.3 is 15.0 Å². The Labute approximate surface area is 150 Å². The SMILES string of the molecule is CC.CC.c1cnc2c(c1)Oc1ccncc1N=C2N1CCNCC1. The van der Waals surface area contributed by atoms with E-state index < -0.39 is 0 Å². The fraction of sp³-hybridized carbons (Fsp3) is 0.421. The summed E-state index contributed by atoms with van der Waals surface area (Å²) in [7, 11) is 0. The van der Waals surface area contributed by atoms with Crippen molar-refractivity contribution in [3.8, 4) is 11.5 Å². The van der Waals surface area contributed by atoms with Crippen molar-refractivity contribution in [1.29, 1.82) is 0 Å². The summed E-state index contributed by atoms with van der Waals surface area (Å²) < 4.78 is 5.96. The van der Waals surface area contributed by atoms with E-state index in [1.807, 2.05) is 45.9 Å². The first-order valence-electron chi connectivity index (χ1n) is 9.03. The largest absolute Gasteiger partial charge is 0.453 e. The van der Waals surface area contributed by atoms with Gasteiger partial charge in [0.05, 0.1) is 6.20 Å². The van der Waals surface area contributed by atoms with Crippen molar-refractivity contribution in [2.24, 2.45) is 4.99 Å². The summed E-state index contributed by atoms with van der Waals surface area (Å²) in [5.74, 6) is 2.31. The third-order valence-corrected chi connectivity index (χ3v) is 3.61. The van der Waals surface area contributed by atoms with Gasteiger partial charge in [-0.1, -0.05) is 27.7 Å². The number of ether oxygens (including phenoxy) is 1. The smallest absolute Gasteiger partial charge is 0.159 e. The Balaban J connectivity index is 0.000000528. The molecule has 0 amide bonds. The van der Waals surface area contributed by atoms with E-state index >= 15 is 0 Å². The van der Waals surface area contributed by atoms with Gasteiger partial charge in [-0.25, -0.2) is 9.98 Å². The Hall–Kier alpha value is -2.47. The molecule has 0 atom stereocenters. The molecule has 0 saturated carbocycles. The predicted octanol–water partition coefficient (Wildman–Crippen LogP) is 3.62. The van der Waals surface area contributed by atoms with Gasteiger partial charge in [-0.05, 0) is 12.1 Å². The van der Waals surface area contributed by atoms with E-state index in [0.29, 0.717) is 5.75 Å². The minimum atomic E-state index is 0.712. The molecule has 134 valence electrons. The number of nitrogens with zero attached hydrogens (tertiary/aromatic N) is 4. The van der Waals surface area contributed by atoms with Crippen molar-refractivity contribution >= 4 is 11.5 Å². The second-order valence-electron chi connectivity index (χ2n) is 4.97. The molecule has 4 heterocycles. The monoisotopic (exact) mass is 341 g/mol. The van der Waals surface area contributed by atoms with E-state index in [1.54, 1.807) is 18.6 Å².